The Labute approximate surface area is 284 Å². The van der Waals surface area contributed by atoms with Crippen LogP contribution in [0.1, 0.15) is 55.2 Å². The van der Waals surface area contributed by atoms with Crippen molar-refractivity contribution in [3.05, 3.63) is 89.5 Å². The first-order valence-corrected chi connectivity index (χ1v) is 17.2. The summed E-state index contributed by atoms with van der Waals surface area (Å²) in [6.07, 6.45) is 6.66. The molecular formula is C38H62N6O3. The molecule has 0 aliphatic heterocycles. The molecule has 0 aliphatic rings. The van der Waals surface area contributed by atoms with Gasteiger partial charge in [0.05, 0.1) is 21.3 Å². The van der Waals surface area contributed by atoms with E-state index in [1.165, 1.54) is 16.7 Å². The van der Waals surface area contributed by atoms with E-state index in [1.807, 2.05) is 36.4 Å². The van der Waals surface area contributed by atoms with E-state index in [-0.39, 0.29) is 0 Å². The number of ether oxygens (including phenoxy) is 3. The van der Waals surface area contributed by atoms with Crippen molar-refractivity contribution >= 4 is 0 Å². The number of methoxy groups -OCH3 is 3. The lowest BCUT2D eigenvalue weighted by molar-refractivity contribution is 0.387. The maximum absolute atomic E-state index is 5.41. The third-order valence-electron chi connectivity index (χ3n) is 8.38. The highest BCUT2D eigenvalue weighted by atomic mass is 16.5. The average molecular weight is 651 g/mol. The Kier molecular flexibility index (Phi) is 22.0. The molecule has 0 atom stereocenters. The molecule has 0 heterocycles. The number of benzene rings is 3. The zero-order chi connectivity index (χ0) is 34.0. The van der Waals surface area contributed by atoms with Crippen LogP contribution in [0.4, 0.5) is 0 Å². The molecule has 0 saturated heterocycles. The lowest BCUT2D eigenvalue weighted by Gasteiger charge is -2.18. The number of nitrogens with two attached hydrogens (primary N) is 3. The van der Waals surface area contributed by atoms with Crippen LogP contribution in [0, 0.1) is 11.8 Å². The number of rotatable bonds is 24. The monoisotopic (exact) mass is 650 g/mol. The van der Waals surface area contributed by atoms with Gasteiger partial charge in [0.2, 0.25) is 0 Å². The molecule has 9 nitrogen and oxygen atoms in total. The van der Waals surface area contributed by atoms with E-state index in [1.54, 1.807) is 21.3 Å². The van der Waals surface area contributed by atoms with Crippen LogP contribution in [-0.2, 0) is 19.6 Å². The Morgan fingerprint density at radius 1 is 0.426 bits per heavy atom. The fourth-order valence-electron chi connectivity index (χ4n) is 5.42. The summed E-state index contributed by atoms with van der Waals surface area (Å²) >= 11 is 0. The second-order valence-corrected chi connectivity index (χ2v) is 11.9. The van der Waals surface area contributed by atoms with Gasteiger partial charge >= 0.3 is 0 Å². The van der Waals surface area contributed by atoms with Crippen LogP contribution in [-0.4, -0.2) is 60.6 Å². The number of hydrogen-bond acceptors (Lipinski definition) is 9. The van der Waals surface area contributed by atoms with E-state index >= 15 is 0 Å². The summed E-state index contributed by atoms with van der Waals surface area (Å²) in [5, 5.41) is 10.9. The van der Waals surface area contributed by atoms with Gasteiger partial charge in [-0.05, 0) is 143 Å². The van der Waals surface area contributed by atoms with Crippen molar-refractivity contribution in [2.24, 2.45) is 29.0 Å². The van der Waals surface area contributed by atoms with Gasteiger partial charge in [-0.3, -0.25) is 0 Å². The number of hydrogen-bond donors (Lipinski definition) is 6. The van der Waals surface area contributed by atoms with Gasteiger partial charge in [0.1, 0.15) is 17.2 Å². The molecule has 0 aliphatic carbocycles. The summed E-state index contributed by atoms with van der Waals surface area (Å²) in [5.41, 5.74) is 20.1. The molecule has 0 aromatic heterocycles. The number of nitrogens with one attached hydrogen (secondary N) is 3. The second-order valence-electron chi connectivity index (χ2n) is 11.9. The minimum Gasteiger partial charge on any atom is -0.497 e. The fraction of sp³-hybridized carbons (Fsp3) is 0.526. The van der Waals surface area contributed by atoms with Crippen LogP contribution >= 0.6 is 0 Å². The van der Waals surface area contributed by atoms with Gasteiger partial charge in [-0.25, -0.2) is 0 Å². The molecule has 0 amide bonds. The van der Waals surface area contributed by atoms with Crippen molar-refractivity contribution in [2.45, 2.75) is 58.2 Å². The van der Waals surface area contributed by atoms with Gasteiger partial charge in [-0.2, -0.15) is 0 Å². The molecule has 9 heteroatoms. The summed E-state index contributed by atoms with van der Waals surface area (Å²) in [7, 11) is 5.10. The third-order valence-corrected chi connectivity index (χ3v) is 8.38. The molecule has 3 aromatic rings. The Morgan fingerprint density at radius 3 is 0.915 bits per heavy atom. The molecule has 3 rings (SSSR count). The Morgan fingerprint density at radius 2 is 0.681 bits per heavy atom. The predicted molar refractivity (Wildman–Crippen MR) is 196 cm³/mol. The smallest absolute Gasteiger partial charge is 0.118 e. The first kappa shape index (κ1) is 40.0. The third kappa shape index (κ3) is 18.1. The summed E-state index contributed by atoms with van der Waals surface area (Å²) < 4.78 is 15.8. The van der Waals surface area contributed by atoms with Gasteiger partial charge in [0.15, 0.2) is 0 Å². The van der Waals surface area contributed by atoms with Crippen molar-refractivity contribution in [3.63, 3.8) is 0 Å². The van der Waals surface area contributed by atoms with Gasteiger partial charge in [-0.15, -0.1) is 0 Å². The second kappa shape index (κ2) is 25.9. The van der Waals surface area contributed by atoms with E-state index < -0.39 is 0 Å². The summed E-state index contributed by atoms with van der Waals surface area (Å²) in [5.74, 6) is 3.99. The molecule has 3 aromatic carbocycles. The molecule has 0 spiro atoms. The molecular weight excluding hydrogens is 588 g/mol. The molecule has 262 valence electrons. The van der Waals surface area contributed by atoms with Crippen LogP contribution in [0.5, 0.6) is 17.2 Å². The summed E-state index contributed by atoms with van der Waals surface area (Å²) in [6, 6.07) is 24.8. The van der Waals surface area contributed by atoms with E-state index in [4.69, 9.17) is 31.4 Å². The zero-order valence-corrected chi connectivity index (χ0v) is 29.1. The van der Waals surface area contributed by atoms with Crippen LogP contribution in [0.15, 0.2) is 72.8 Å². The van der Waals surface area contributed by atoms with Crippen LogP contribution < -0.4 is 47.4 Å². The summed E-state index contributed by atoms with van der Waals surface area (Å²) in [4.78, 5) is 0. The van der Waals surface area contributed by atoms with Gasteiger partial charge in [0, 0.05) is 19.6 Å². The molecule has 0 saturated carbocycles. The van der Waals surface area contributed by atoms with Crippen molar-refractivity contribution in [1.29, 1.82) is 0 Å². The Balaban J connectivity index is 0.000000663. The maximum Gasteiger partial charge on any atom is 0.118 e. The normalized spacial score (nSPS) is 11.0. The minimum absolute atomic E-state index is 0.648. The molecule has 0 radical (unpaired) electrons. The van der Waals surface area contributed by atoms with E-state index in [0.717, 1.165) is 115 Å². The lowest BCUT2D eigenvalue weighted by atomic mass is 9.97. The quantitative estimate of drug-likeness (QED) is 0.0753. The maximum atomic E-state index is 5.41. The van der Waals surface area contributed by atoms with E-state index in [9.17, 15) is 0 Å². The van der Waals surface area contributed by atoms with Crippen molar-refractivity contribution in [1.82, 2.24) is 16.0 Å². The highest BCUT2D eigenvalue weighted by Gasteiger charge is 2.09. The predicted octanol–water partition coefficient (Wildman–Crippen LogP) is 4.82. The largest absolute Gasteiger partial charge is 0.497 e. The SMILES string of the molecule is COc1ccc(CNCCC(CCNCc2ccc(OC)cc2)CCNCc2ccc(OC)cc2)cc1.NCCC(CCN)CCN. The van der Waals surface area contributed by atoms with Crippen LogP contribution in [0.2, 0.25) is 0 Å². The lowest BCUT2D eigenvalue weighted by Crippen LogP contribution is -2.24. The van der Waals surface area contributed by atoms with Crippen molar-refractivity contribution in [2.75, 3.05) is 60.6 Å². The van der Waals surface area contributed by atoms with E-state index in [0.29, 0.717) is 11.8 Å². The summed E-state index contributed by atoms with van der Waals surface area (Å²) in [6.45, 7) is 7.92. The highest BCUT2D eigenvalue weighted by Crippen LogP contribution is 2.16. The molecule has 47 heavy (non-hydrogen) atoms. The molecule has 0 fully saturated rings. The van der Waals surface area contributed by atoms with Gasteiger partial charge in [0.25, 0.3) is 0 Å². The van der Waals surface area contributed by atoms with E-state index in [2.05, 4.69) is 52.3 Å². The van der Waals surface area contributed by atoms with Crippen LogP contribution in [0.25, 0.3) is 0 Å². The molecule has 9 N–H and O–H groups in total. The van der Waals surface area contributed by atoms with Crippen molar-refractivity contribution in [3.8, 4) is 17.2 Å². The van der Waals surface area contributed by atoms with Crippen LogP contribution in [0.3, 0.4) is 0 Å². The Bertz CT molecular complexity index is 999. The highest BCUT2D eigenvalue weighted by molar-refractivity contribution is 5.28. The van der Waals surface area contributed by atoms with Gasteiger partial charge < -0.3 is 47.4 Å². The topological polar surface area (TPSA) is 142 Å². The minimum atomic E-state index is 0.648. The first-order chi connectivity index (χ1) is 23.0. The fourth-order valence-corrected chi connectivity index (χ4v) is 5.42. The van der Waals surface area contributed by atoms with Crippen molar-refractivity contribution < 1.29 is 14.2 Å². The Hall–Kier alpha value is -3.18. The molecule has 0 unspecified atom stereocenters. The molecule has 0 bridgehead atoms. The zero-order valence-electron chi connectivity index (χ0n) is 29.1. The van der Waals surface area contributed by atoms with Gasteiger partial charge in [-0.1, -0.05) is 36.4 Å². The standard InChI is InChI=1S/C31H43N3O3.C7H19N3/c1-35-29-10-4-26(5-11-29)22-32-19-16-25(17-20-33-23-27-6-12-30(36-2)13-7-27)18-21-34-24-28-8-14-31(37-3)15-9-28;8-4-1-7(2-5-9)3-6-10/h4-15,25,32-34H,16-24H2,1-3H3;7H,1-6,8-10H2. The average Bonchev–Trinajstić information content (AvgIpc) is 3.11. The first-order valence-electron chi connectivity index (χ1n) is 17.2.